The lowest BCUT2D eigenvalue weighted by molar-refractivity contribution is 0.532. The average Bonchev–Trinajstić information content (AvgIpc) is 1.98. The van der Waals surface area contributed by atoms with E-state index in [0.717, 1.165) is 12.8 Å². The van der Waals surface area contributed by atoms with Crippen molar-refractivity contribution in [3.05, 3.63) is 12.2 Å². The third-order valence-corrected chi connectivity index (χ3v) is 1.51. The van der Waals surface area contributed by atoms with Crippen molar-refractivity contribution in [3.8, 4) is 0 Å². The van der Waals surface area contributed by atoms with Crippen LogP contribution in [0.2, 0.25) is 0 Å². The first kappa shape index (κ1) is 9.41. The standard InChI is InChI=1S/C9H15O/c1-3-5-6-9(4-2)7-8-10/h5-6,9H,3-4,7H2,1-2H3/b6-5+. The molecule has 0 aliphatic heterocycles. The van der Waals surface area contributed by atoms with Gasteiger partial charge >= 0.3 is 0 Å². The van der Waals surface area contributed by atoms with Gasteiger partial charge in [0.05, 0.1) is 0 Å². The highest BCUT2D eigenvalue weighted by atomic mass is 16.1. The summed E-state index contributed by atoms with van der Waals surface area (Å²) < 4.78 is 0. The quantitative estimate of drug-likeness (QED) is 0.535. The highest BCUT2D eigenvalue weighted by Crippen LogP contribution is 2.07. The Morgan fingerprint density at radius 2 is 2.20 bits per heavy atom. The van der Waals surface area contributed by atoms with Crippen LogP contribution in [0, 0.1) is 5.92 Å². The SMILES string of the molecule is CC/C=C/C(CC)C[C]=O. The second-order valence-electron chi connectivity index (χ2n) is 2.35. The van der Waals surface area contributed by atoms with Crippen LogP contribution in [0.15, 0.2) is 12.2 Å². The van der Waals surface area contributed by atoms with E-state index in [1.54, 1.807) is 0 Å². The molecule has 1 nitrogen and oxygen atoms in total. The summed E-state index contributed by atoms with van der Waals surface area (Å²) in [5.41, 5.74) is 0. The Morgan fingerprint density at radius 3 is 2.60 bits per heavy atom. The van der Waals surface area contributed by atoms with Crippen LogP contribution in [0.1, 0.15) is 33.1 Å². The van der Waals surface area contributed by atoms with Gasteiger partial charge < -0.3 is 0 Å². The molecule has 0 aromatic rings. The van der Waals surface area contributed by atoms with Crippen LogP contribution in [0.25, 0.3) is 0 Å². The molecule has 0 aromatic heterocycles. The molecule has 0 aliphatic rings. The predicted octanol–water partition coefficient (Wildman–Crippen LogP) is 2.48. The zero-order chi connectivity index (χ0) is 7.82. The minimum atomic E-state index is 0.414. The Kier molecular flexibility index (Phi) is 6.14. The Hall–Kier alpha value is -0.590. The van der Waals surface area contributed by atoms with Crippen molar-refractivity contribution in [3.63, 3.8) is 0 Å². The van der Waals surface area contributed by atoms with Crippen molar-refractivity contribution in [2.24, 2.45) is 5.92 Å². The second kappa shape index (κ2) is 6.53. The van der Waals surface area contributed by atoms with Crippen molar-refractivity contribution in [1.29, 1.82) is 0 Å². The van der Waals surface area contributed by atoms with Crippen molar-refractivity contribution >= 4 is 6.29 Å². The molecule has 0 aliphatic carbocycles. The largest absolute Gasteiger partial charge is 0.291 e. The summed E-state index contributed by atoms with van der Waals surface area (Å²) in [5.74, 6) is 0.414. The summed E-state index contributed by atoms with van der Waals surface area (Å²) in [6.07, 6.45) is 8.76. The van der Waals surface area contributed by atoms with E-state index in [1.807, 2.05) is 6.29 Å². The Balaban J connectivity index is 3.58. The molecule has 0 saturated carbocycles. The normalized spacial score (nSPS) is 13.8. The fourth-order valence-corrected chi connectivity index (χ4v) is 0.784. The van der Waals surface area contributed by atoms with Crippen LogP contribution >= 0.6 is 0 Å². The van der Waals surface area contributed by atoms with Gasteiger partial charge in [-0.05, 0) is 18.8 Å². The average molecular weight is 139 g/mol. The van der Waals surface area contributed by atoms with Gasteiger partial charge in [-0.3, -0.25) is 4.79 Å². The minimum Gasteiger partial charge on any atom is -0.291 e. The highest BCUT2D eigenvalue weighted by molar-refractivity contribution is 5.51. The molecule has 0 bridgehead atoms. The molecule has 0 rings (SSSR count). The molecule has 0 amide bonds. The lowest BCUT2D eigenvalue weighted by Crippen LogP contribution is -1.93. The van der Waals surface area contributed by atoms with E-state index in [0.29, 0.717) is 12.3 Å². The number of carbonyl (C=O) groups excluding carboxylic acids is 1. The number of allylic oxidation sites excluding steroid dienone is 2. The topological polar surface area (TPSA) is 17.1 Å². The van der Waals surface area contributed by atoms with Crippen LogP contribution in [0.5, 0.6) is 0 Å². The maximum atomic E-state index is 9.98. The smallest absolute Gasteiger partial charge is 0.198 e. The maximum absolute atomic E-state index is 9.98. The fourth-order valence-electron chi connectivity index (χ4n) is 0.784. The fraction of sp³-hybridized carbons (Fsp3) is 0.667. The lowest BCUT2D eigenvalue weighted by atomic mass is 10.0. The van der Waals surface area contributed by atoms with Crippen molar-refractivity contribution in [2.45, 2.75) is 33.1 Å². The zero-order valence-electron chi connectivity index (χ0n) is 6.76. The Labute approximate surface area is 63.1 Å². The summed E-state index contributed by atoms with van der Waals surface area (Å²) in [5, 5.41) is 0. The molecule has 0 saturated heterocycles. The first-order chi connectivity index (χ1) is 4.85. The zero-order valence-corrected chi connectivity index (χ0v) is 6.76. The Bertz CT molecular complexity index is 105. The van der Waals surface area contributed by atoms with E-state index in [9.17, 15) is 4.79 Å². The summed E-state index contributed by atoms with van der Waals surface area (Å²) in [4.78, 5) is 9.98. The molecule has 0 spiro atoms. The molecule has 1 atom stereocenters. The molecule has 57 valence electrons. The summed E-state index contributed by atoms with van der Waals surface area (Å²) in [6, 6.07) is 0. The highest BCUT2D eigenvalue weighted by Gasteiger charge is 1.98. The van der Waals surface area contributed by atoms with Gasteiger partial charge in [0, 0.05) is 6.42 Å². The molecule has 1 unspecified atom stereocenters. The van der Waals surface area contributed by atoms with Crippen LogP contribution < -0.4 is 0 Å². The van der Waals surface area contributed by atoms with Crippen LogP contribution in [0.4, 0.5) is 0 Å². The maximum Gasteiger partial charge on any atom is 0.198 e. The molecule has 0 heterocycles. The van der Waals surface area contributed by atoms with Gasteiger partial charge in [0.2, 0.25) is 0 Å². The molecular formula is C9H15O. The number of hydrogen-bond donors (Lipinski definition) is 0. The van der Waals surface area contributed by atoms with Gasteiger partial charge in [-0.1, -0.05) is 26.0 Å². The van der Waals surface area contributed by atoms with Crippen molar-refractivity contribution < 1.29 is 4.79 Å². The molecule has 0 aromatic carbocycles. The Morgan fingerprint density at radius 1 is 1.50 bits per heavy atom. The summed E-state index contributed by atoms with van der Waals surface area (Å²) in [7, 11) is 0. The molecule has 1 heteroatoms. The van der Waals surface area contributed by atoms with Gasteiger partial charge in [0.15, 0.2) is 6.29 Å². The van der Waals surface area contributed by atoms with Gasteiger partial charge in [0.25, 0.3) is 0 Å². The van der Waals surface area contributed by atoms with Gasteiger partial charge in [0.1, 0.15) is 0 Å². The molecule has 0 N–H and O–H groups in total. The third-order valence-electron chi connectivity index (χ3n) is 1.51. The van der Waals surface area contributed by atoms with Crippen LogP contribution in [0.3, 0.4) is 0 Å². The third kappa shape index (κ3) is 4.30. The first-order valence-electron chi connectivity index (χ1n) is 3.86. The van der Waals surface area contributed by atoms with E-state index in [4.69, 9.17) is 0 Å². The monoisotopic (exact) mass is 139 g/mol. The van der Waals surface area contributed by atoms with Crippen molar-refractivity contribution in [2.75, 3.05) is 0 Å². The second-order valence-corrected chi connectivity index (χ2v) is 2.35. The van der Waals surface area contributed by atoms with Crippen LogP contribution in [-0.4, -0.2) is 6.29 Å². The number of rotatable bonds is 5. The van der Waals surface area contributed by atoms with E-state index >= 15 is 0 Å². The van der Waals surface area contributed by atoms with Gasteiger partial charge in [-0.2, -0.15) is 0 Å². The number of hydrogen-bond acceptors (Lipinski definition) is 1. The van der Waals surface area contributed by atoms with Gasteiger partial charge in [-0.15, -0.1) is 0 Å². The van der Waals surface area contributed by atoms with Crippen LogP contribution in [-0.2, 0) is 4.79 Å². The predicted molar refractivity (Wildman–Crippen MR) is 43.5 cm³/mol. The first-order valence-corrected chi connectivity index (χ1v) is 3.86. The van der Waals surface area contributed by atoms with Gasteiger partial charge in [-0.25, -0.2) is 0 Å². The minimum absolute atomic E-state index is 0.414. The van der Waals surface area contributed by atoms with E-state index in [1.165, 1.54) is 0 Å². The van der Waals surface area contributed by atoms with E-state index in [-0.39, 0.29) is 0 Å². The van der Waals surface area contributed by atoms with E-state index in [2.05, 4.69) is 26.0 Å². The summed E-state index contributed by atoms with van der Waals surface area (Å²) >= 11 is 0. The molecular weight excluding hydrogens is 124 g/mol. The van der Waals surface area contributed by atoms with Crippen molar-refractivity contribution in [1.82, 2.24) is 0 Å². The van der Waals surface area contributed by atoms with E-state index < -0.39 is 0 Å². The lowest BCUT2D eigenvalue weighted by Gasteiger charge is -2.02. The molecule has 0 fully saturated rings. The molecule has 1 radical (unpaired) electrons. The molecule has 10 heavy (non-hydrogen) atoms. The summed E-state index contributed by atoms with van der Waals surface area (Å²) in [6.45, 7) is 4.18.